The number of hydrogen-bond donors (Lipinski definition) is 1. The monoisotopic (exact) mass is 407 g/mol. The maximum Gasteiger partial charge on any atom is 0.230 e. The van der Waals surface area contributed by atoms with Crippen LogP contribution in [0.25, 0.3) is 5.69 Å². The van der Waals surface area contributed by atoms with Crippen molar-refractivity contribution in [3.8, 4) is 5.69 Å². The number of aryl methyl sites for hydroxylation is 1. The van der Waals surface area contributed by atoms with Gasteiger partial charge >= 0.3 is 0 Å². The number of benzene rings is 1. The third-order valence-electron chi connectivity index (χ3n) is 5.25. The van der Waals surface area contributed by atoms with Gasteiger partial charge in [-0.3, -0.25) is 4.79 Å². The highest BCUT2D eigenvalue weighted by atomic mass is 32.2. The zero-order valence-electron chi connectivity index (χ0n) is 15.4. The molecule has 1 N–H and O–H groups in total. The molecule has 3 atom stereocenters. The number of amides is 1. The Morgan fingerprint density at radius 3 is 2.92 bits per heavy atom. The highest BCUT2D eigenvalue weighted by molar-refractivity contribution is 8.01. The van der Waals surface area contributed by atoms with E-state index >= 15 is 0 Å². The molecule has 0 saturated heterocycles. The van der Waals surface area contributed by atoms with E-state index in [4.69, 9.17) is 12.2 Å². The lowest BCUT2D eigenvalue weighted by molar-refractivity contribution is -0.119. The van der Waals surface area contributed by atoms with Crippen LogP contribution in [0.1, 0.15) is 38.7 Å². The van der Waals surface area contributed by atoms with Crippen molar-refractivity contribution in [2.24, 2.45) is 11.8 Å². The minimum absolute atomic E-state index is 0.0875. The molecule has 7 heteroatoms. The van der Waals surface area contributed by atoms with Gasteiger partial charge in [0.2, 0.25) is 5.91 Å². The van der Waals surface area contributed by atoms with Crippen LogP contribution in [-0.4, -0.2) is 27.5 Å². The molecule has 1 saturated carbocycles. The maximum absolute atomic E-state index is 12.4. The maximum atomic E-state index is 12.4. The summed E-state index contributed by atoms with van der Waals surface area (Å²) in [6.07, 6.45) is 3.55. The van der Waals surface area contributed by atoms with Crippen molar-refractivity contribution in [2.75, 3.05) is 5.75 Å². The SMILES string of the molecule is Cc1ccccc1-n1nc(SCC(=O)N[C@@H]2CCC[C@H](C)[C@@H]2C)sc1=S. The summed E-state index contributed by atoms with van der Waals surface area (Å²) < 4.78 is 3.33. The molecule has 26 heavy (non-hydrogen) atoms. The normalized spacial score (nSPS) is 23.0. The quantitative estimate of drug-likeness (QED) is 0.559. The Bertz CT molecular complexity index is 829. The first-order chi connectivity index (χ1) is 12.5. The largest absolute Gasteiger partial charge is 0.352 e. The van der Waals surface area contributed by atoms with Crippen LogP contribution in [0, 0.1) is 22.7 Å². The number of aromatic nitrogens is 2. The lowest BCUT2D eigenvalue weighted by Crippen LogP contribution is -2.44. The van der Waals surface area contributed by atoms with Crippen LogP contribution in [0.2, 0.25) is 0 Å². The molecule has 1 amide bonds. The van der Waals surface area contributed by atoms with Crippen LogP contribution in [-0.2, 0) is 4.79 Å². The molecular formula is C19H25N3OS3. The van der Waals surface area contributed by atoms with E-state index in [1.807, 2.05) is 31.2 Å². The molecule has 0 spiro atoms. The Morgan fingerprint density at radius 1 is 1.38 bits per heavy atom. The van der Waals surface area contributed by atoms with Crippen molar-refractivity contribution < 1.29 is 4.79 Å². The molecule has 0 radical (unpaired) electrons. The second-order valence-corrected chi connectivity index (χ2v) is 9.91. The summed E-state index contributed by atoms with van der Waals surface area (Å²) in [5.41, 5.74) is 2.12. The van der Waals surface area contributed by atoms with Crippen LogP contribution in [0.3, 0.4) is 0 Å². The highest BCUT2D eigenvalue weighted by Crippen LogP contribution is 2.30. The summed E-state index contributed by atoms with van der Waals surface area (Å²) in [5.74, 6) is 1.69. The molecule has 1 heterocycles. The van der Waals surface area contributed by atoms with E-state index in [0.29, 0.717) is 27.6 Å². The van der Waals surface area contributed by atoms with Gasteiger partial charge < -0.3 is 5.32 Å². The van der Waals surface area contributed by atoms with Crippen molar-refractivity contribution in [3.05, 3.63) is 33.8 Å². The number of carbonyl (C=O) groups excluding carboxylic acids is 1. The molecule has 0 bridgehead atoms. The fraction of sp³-hybridized carbons (Fsp3) is 0.526. The molecule has 4 nitrogen and oxygen atoms in total. The van der Waals surface area contributed by atoms with E-state index in [-0.39, 0.29) is 5.91 Å². The minimum Gasteiger partial charge on any atom is -0.352 e. The van der Waals surface area contributed by atoms with Gasteiger partial charge in [-0.15, -0.1) is 5.10 Å². The van der Waals surface area contributed by atoms with Crippen molar-refractivity contribution in [3.63, 3.8) is 0 Å². The first kappa shape index (κ1) is 19.6. The van der Waals surface area contributed by atoms with Crippen LogP contribution >= 0.6 is 35.3 Å². The van der Waals surface area contributed by atoms with E-state index in [9.17, 15) is 4.79 Å². The molecule has 1 aromatic heterocycles. The molecular weight excluding hydrogens is 382 g/mol. The lowest BCUT2D eigenvalue weighted by atomic mass is 9.78. The van der Waals surface area contributed by atoms with Gasteiger partial charge in [0.1, 0.15) is 0 Å². The second-order valence-electron chi connectivity index (χ2n) is 7.06. The van der Waals surface area contributed by atoms with Crippen LogP contribution in [0.4, 0.5) is 0 Å². The third-order valence-corrected chi connectivity index (χ3v) is 7.62. The molecule has 1 aliphatic carbocycles. The van der Waals surface area contributed by atoms with Gasteiger partial charge in [-0.25, -0.2) is 4.68 Å². The van der Waals surface area contributed by atoms with Gasteiger partial charge in [0.05, 0.1) is 11.4 Å². The van der Waals surface area contributed by atoms with Crippen LogP contribution in [0.15, 0.2) is 28.6 Å². The summed E-state index contributed by atoms with van der Waals surface area (Å²) in [6, 6.07) is 8.34. The Labute approximate surface area is 168 Å². The van der Waals surface area contributed by atoms with E-state index in [2.05, 4.69) is 24.3 Å². The van der Waals surface area contributed by atoms with Gasteiger partial charge in [0, 0.05) is 6.04 Å². The molecule has 2 aromatic rings. The number of rotatable bonds is 5. The summed E-state index contributed by atoms with van der Waals surface area (Å²) in [6.45, 7) is 6.57. The predicted molar refractivity (Wildman–Crippen MR) is 112 cm³/mol. The Balaban J connectivity index is 1.60. The third kappa shape index (κ3) is 4.56. The fourth-order valence-electron chi connectivity index (χ4n) is 3.43. The average molecular weight is 408 g/mol. The number of nitrogens with zero attached hydrogens (tertiary/aromatic N) is 2. The highest BCUT2D eigenvalue weighted by Gasteiger charge is 2.28. The van der Waals surface area contributed by atoms with Gasteiger partial charge in [-0.05, 0) is 49.0 Å². The summed E-state index contributed by atoms with van der Waals surface area (Å²) >= 11 is 8.38. The lowest BCUT2D eigenvalue weighted by Gasteiger charge is -2.34. The van der Waals surface area contributed by atoms with E-state index in [1.165, 1.54) is 35.9 Å². The van der Waals surface area contributed by atoms with Crippen molar-refractivity contribution in [1.82, 2.24) is 15.1 Å². The smallest absolute Gasteiger partial charge is 0.230 e. The molecule has 140 valence electrons. The molecule has 0 aliphatic heterocycles. The van der Waals surface area contributed by atoms with Crippen molar-refractivity contribution in [1.29, 1.82) is 0 Å². The predicted octanol–water partition coefficient (Wildman–Crippen LogP) is 5.00. The first-order valence-corrected chi connectivity index (χ1v) is 11.2. The summed E-state index contributed by atoms with van der Waals surface area (Å²) in [5, 5.41) is 7.82. The standard InChI is InChI=1S/C19H25N3OS3/c1-12-8-6-9-15(14(12)3)20-17(23)11-25-18-21-22(19(24)26-18)16-10-5-4-7-13(16)2/h4-5,7,10,12,14-15H,6,8-9,11H2,1-3H3,(H,20,23)/t12-,14-,15+/m0/s1. The number of carbonyl (C=O) groups is 1. The fourth-order valence-corrected chi connectivity index (χ4v) is 5.59. The van der Waals surface area contributed by atoms with Crippen molar-refractivity contribution in [2.45, 2.75) is 50.4 Å². The Hall–Kier alpha value is -1.18. The zero-order valence-corrected chi connectivity index (χ0v) is 17.8. The number of hydrogen-bond acceptors (Lipinski definition) is 5. The van der Waals surface area contributed by atoms with E-state index in [0.717, 1.165) is 22.0 Å². The zero-order chi connectivity index (χ0) is 18.7. The summed E-state index contributed by atoms with van der Waals surface area (Å²) in [4.78, 5) is 12.4. The van der Waals surface area contributed by atoms with Gasteiger partial charge in [0.25, 0.3) is 0 Å². The van der Waals surface area contributed by atoms with Crippen LogP contribution < -0.4 is 5.32 Å². The topological polar surface area (TPSA) is 46.9 Å². The number of para-hydroxylation sites is 1. The molecule has 1 fully saturated rings. The van der Waals surface area contributed by atoms with Gasteiger partial charge in [-0.1, -0.05) is 68.0 Å². The van der Waals surface area contributed by atoms with Crippen molar-refractivity contribution >= 4 is 41.2 Å². The second kappa shape index (κ2) is 8.67. The van der Waals surface area contributed by atoms with Gasteiger partial charge in [0.15, 0.2) is 8.29 Å². The number of thioether (sulfide) groups is 1. The Kier molecular flexibility index (Phi) is 6.53. The summed E-state index contributed by atoms with van der Waals surface area (Å²) in [7, 11) is 0. The molecule has 1 aliphatic rings. The molecule has 0 unspecified atom stereocenters. The van der Waals surface area contributed by atoms with E-state index < -0.39 is 0 Å². The Morgan fingerprint density at radius 2 is 2.15 bits per heavy atom. The first-order valence-electron chi connectivity index (χ1n) is 9.04. The van der Waals surface area contributed by atoms with Crippen LogP contribution in [0.5, 0.6) is 0 Å². The van der Waals surface area contributed by atoms with E-state index in [1.54, 1.807) is 4.68 Å². The van der Waals surface area contributed by atoms with Gasteiger partial charge in [-0.2, -0.15) is 0 Å². The number of nitrogens with one attached hydrogen (secondary N) is 1. The average Bonchev–Trinajstić information content (AvgIpc) is 2.98. The molecule has 3 rings (SSSR count). The molecule has 1 aromatic carbocycles. The minimum atomic E-state index is 0.0875.